The average molecular weight is 283 g/mol. The number of unbranched alkanes of at least 4 members (excludes halogenated alkanes) is 1. The number of aliphatic carboxylic acids is 1. The Morgan fingerprint density at radius 1 is 1.15 bits per heavy atom. The highest BCUT2D eigenvalue weighted by molar-refractivity contribution is 5.76. The fourth-order valence-electron chi connectivity index (χ4n) is 2.57. The van der Waals surface area contributed by atoms with Crippen molar-refractivity contribution in [2.24, 2.45) is 5.92 Å². The average Bonchev–Trinajstić information content (AvgIpc) is 3.25. The van der Waals surface area contributed by atoms with Gasteiger partial charge < -0.3 is 14.7 Å². The second-order valence-electron chi connectivity index (χ2n) is 5.98. The Balaban J connectivity index is 1.62. The summed E-state index contributed by atoms with van der Waals surface area (Å²) in [6.07, 6.45) is 6.70. The van der Waals surface area contributed by atoms with E-state index in [1.165, 1.54) is 12.8 Å². The lowest BCUT2D eigenvalue weighted by atomic mass is 10.1. The van der Waals surface area contributed by atoms with Gasteiger partial charge in [-0.2, -0.15) is 0 Å². The molecular formula is C15H25NO4. The molecule has 1 aliphatic heterocycles. The molecule has 5 heteroatoms. The molecule has 1 N–H and O–H groups in total. The summed E-state index contributed by atoms with van der Waals surface area (Å²) in [5.41, 5.74) is 0. The van der Waals surface area contributed by atoms with Crippen LogP contribution in [0.2, 0.25) is 0 Å². The van der Waals surface area contributed by atoms with Crippen LogP contribution in [0.15, 0.2) is 0 Å². The Morgan fingerprint density at radius 2 is 1.90 bits per heavy atom. The monoisotopic (exact) mass is 283 g/mol. The minimum atomic E-state index is -0.788. The quantitative estimate of drug-likeness (QED) is 0.692. The molecule has 1 saturated carbocycles. The summed E-state index contributed by atoms with van der Waals surface area (Å²) < 4.78 is 5.87. The summed E-state index contributed by atoms with van der Waals surface area (Å²) in [5.74, 6) is 0.121. The van der Waals surface area contributed by atoms with Gasteiger partial charge in [-0.25, -0.2) is 0 Å². The minimum Gasteiger partial charge on any atom is -0.481 e. The van der Waals surface area contributed by atoms with Crippen LogP contribution in [0.1, 0.15) is 51.4 Å². The molecule has 114 valence electrons. The fourth-order valence-corrected chi connectivity index (χ4v) is 2.57. The van der Waals surface area contributed by atoms with Gasteiger partial charge in [-0.3, -0.25) is 9.59 Å². The molecule has 2 fully saturated rings. The van der Waals surface area contributed by atoms with E-state index in [0.717, 1.165) is 31.9 Å². The Labute approximate surface area is 120 Å². The molecule has 1 aliphatic carbocycles. The topological polar surface area (TPSA) is 66.8 Å². The predicted molar refractivity (Wildman–Crippen MR) is 74.4 cm³/mol. The van der Waals surface area contributed by atoms with E-state index in [0.29, 0.717) is 25.8 Å². The van der Waals surface area contributed by atoms with Crippen LogP contribution in [-0.4, -0.2) is 47.7 Å². The van der Waals surface area contributed by atoms with Gasteiger partial charge >= 0.3 is 5.97 Å². The van der Waals surface area contributed by atoms with Crippen molar-refractivity contribution in [1.82, 2.24) is 4.90 Å². The number of carboxylic acids is 1. The van der Waals surface area contributed by atoms with Crippen molar-refractivity contribution < 1.29 is 19.4 Å². The van der Waals surface area contributed by atoms with Gasteiger partial charge in [0.1, 0.15) is 0 Å². The maximum atomic E-state index is 12.1. The van der Waals surface area contributed by atoms with Gasteiger partial charge in [0, 0.05) is 32.5 Å². The summed E-state index contributed by atoms with van der Waals surface area (Å²) in [5, 5.41) is 8.56. The molecule has 0 radical (unpaired) electrons. The van der Waals surface area contributed by atoms with Crippen LogP contribution in [-0.2, 0) is 14.3 Å². The maximum absolute atomic E-state index is 12.1. The van der Waals surface area contributed by atoms with E-state index in [9.17, 15) is 9.59 Å². The molecule has 1 atom stereocenters. The third kappa shape index (κ3) is 5.49. The van der Waals surface area contributed by atoms with Gasteiger partial charge in [0.05, 0.1) is 6.10 Å². The number of carbonyl (C=O) groups excluding carboxylic acids is 1. The van der Waals surface area contributed by atoms with E-state index >= 15 is 0 Å². The van der Waals surface area contributed by atoms with Crippen molar-refractivity contribution in [2.45, 2.75) is 57.5 Å². The van der Waals surface area contributed by atoms with E-state index in [1.54, 1.807) is 0 Å². The molecule has 20 heavy (non-hydrogen) atoms. The van der Waals surface area contributed by atoms with Crippen molar-refractivity contribution in [3.05, 3.63) is 0 Å². The molecule has 1 heterocycles. The normalized spacial score (nSPS) is 22.8. The van der Waals surface area contributed by atoms with Crippen molar-refractivity contribution >= 4 is 11.9 Å². The van der Waals surface area contributed by atoms with Gasteiger partial charge in [0.2, 0.25) is 5.91 Å². The Hall–Kier alpha value is -1.10. The van der Waals surface area contributed by atoms with Crippen LogP contribution in [0.4, 0.5) is 0 Å². The molecule has 0 aromatic heterocycles. The van der Waals surface area contributed by atoms with E-state index in [1.807, 2.05) is 4.90 Å². The first-order chi connectivity index (χ1) is 9.65. The lowest BCUT2D eigenvalue weighted by Crippen LogP contribution is -2.43. The second kappa shape index (κ2) is 7.62. The zero-order chi connectivity index (χ0) is 14.4. The first-order valence-corrected chi connectivity index (χ1v) is 7.76. The SMILES string of the molecule is O=C(O)CCCCC(=O)N1CCCC(OCC2CC2)C1. The second-order valence-corrected chi connectivity index (χ2v) is 5.98. The number of hydrogen-bond acceptors (Lipinski definition) is 3. The first-order valence-electron chi connectivity index (χ1n) is 7.76. The number of piperidine rings is 1. The van der Waals surface area contributed by atoms with Crippen LogP contribution < -0.4 is 0 Å². The molecule has 2 aliphatic rings. The Bertz CT molecular complexity index is 341. The number of hydrogen-bond donors (Lipinski definition) is 1. The van der Waals surface area contributed by atoms with Gasteiger partial charge in [-0.05, 0) is 44.4 Å². The van der Waals surface area contributed by atoms with Crippen molar-refractivity contribution in [3.63, 3.8) is 0 Å². The first kappa shape index (κ1) is 15.3. The number of rotatable bonds is 8. The Kier molecular flexibility index (Phi) is 5.83. The number of ether oxygens (including phenoxy) is 1. The fraction of sp³-hybridized carbons (Fsp3) is 0.867. The highest BCUT2D eigenvalue weighted by atomic mass is 16.5. The molecular weight excluding hydrogens is 258 g/mol. The lowest BCUT2D eigenvalue weighted by Gasteiger charge is -2.32. The van der Waals surface area contributed by atoms with Crippen LogP contribution in [0.5, 0.6) is 0 Å². The van der Waals surface area contributed by atoms with Crippen molar-refractivity contribution in [1.29, 1.82) is 0 Å². The van der Waals surface area contributed by atoms with Crippen LogP contribution in [0, 0.1) is 5.92 Å². The zero-order valence-electron chi connectivity index (χ0n) is 12.1. The third-order valence-corrected chi connectivity index (χ3v) is 4.03. The third-order valence-electron chi connectivity index (χ3n) is 4.03. The number of likely N-dealkylation sites (tertiary alicyclic amines) is 1. The largest absolute Gasteiger partial charge is 0.481 e. The molecule has 5 nitrogen and oxygen atoms in total. The molecule has 1 saturated heterocycles. The number of nitrogens with zero attached hydrogens (tertiary/aromatic N) is 1. The summed E-state index contributed by atoms with van der Waals surface area (Å²) in [7, 11) is 0. The predicted octanol–water partition coefficient (Wildman–Crippen LogP) is 2.05. The zero-order valence-corrected chi connectivity index (χ0v) is 12.1. The minimum absolute atomic E-state index is 0.148. The number of carboxylic acid groups (broad SMARTS) is 1. The van der Waals surface area contributed by atoms with Gasteiger partial charge in [0.25, 0.3) is 0 Å². The number of carbonyl (C=O) groups is 2. The van der Waals surface area contributed by atoms with Crippen LogP contribution in [0.3, 0.4) is 0 Å². The van der Waals surface area contributed by atoms with E-state index in [-0.39, 0.29) is 18.4 Å². The molecule has 1 unspecified atom stereocenters. The summed E-state index contributed by atoms with van der Waals surface area (Å²) in [6, 6.07) is 0. The molecule has 0 spiro atoms. The molecule has 1 amide bonds. The summed E-state index contributed by atoms with van der Waals surface area (Å²) in [4.78, 5) is 24.4. The van der Waals surface area contributed by atoms with E-state index < -0.39 is 5.97 Å². The van der Waals surface area contributed by atoms with Crippen LogP contribution >= 0.6 is 0 Å². The highest BCUT2D eigenvalue weighted by Gasteiger charge is 2.27. The molecule has 2 rings (SSSR count). The number of amides is 1. The molecule has 0 aromatic rings. The standard InChI is InChI=1S/C15H25NO4/c17-14(5-1-2-6-15(18)19)16-9-3-4-13(10-16)20-11-12-7-8-12/h12-13H,1-11H2,(H,18,19). The lowest BCUT2D eigenvalue weighted by molar-refractivity contribution is -0.138. The molecule has 0 aromatic carbocycles. The highest BCUT2D eigenvalue weighted by Crippen LogP contribution is 2.30. The maximum Gasteiger partial charge on any atom is 0.303 e. The molecule has 0 bridgehead atoms. The van der Waals surface area contributed by atoms with Gasteiger partial charge in [-0.15, -0.1) is 0 Å². The van der Waals surface area contributed by atoms with E-state index in [2.05, 4.69) is 0 Å². The van der Waals surface area contributed by atoms with Crippen molar-refractivity contribution in [3.8, 4) is 0 Å². The van der Waals surface area contributed by atoms with E-state index in [4.69, 9.17) is 9.84 Å². The van der Waals surface area contributed by atoms with Gasteiger partial charge in [-0.1, -0.05) is 0 Å². The smallest absolute Gasteiger partial charge is 0.303 e. The van der Waals surface area contributed by atoms with Crippen LogP contribution in [0.25, 0.3) is 0 Å². The van der Waals surface area contributed by atoms with Gasteiger partial charge in [0.15, 0.2) is 0 Å². The summed E-state index contributed by atoms with van der Waals surface area (Å²) >= 11 is 0. The van der Waals surface area contributed by atoms with Crippen molar-refractivity contribution in [2.75, 3.05) is 19.7 Å². The Morgan fingerprint density at radius 3 is 2.60 bits per heavy atom. The summed E-state index contributed by atoms with van der Waals surface area (Å²) in [6.45, 7) is 2.39.